The first-order valence-corrected chi connectivity index (χ1v) is 9.14. The Bertz CT molecular complexity index is 732. The van der Waals surface area contributed by atoms with E-state index in [0.717, 1.165) is 16.7 Å². The molecule has 26 heavy (non-hydrogen) atoms. The van der Waals surface area contributed by atoms with Gasteiger partial charge in [-0.05, 0) is 55.5 Å². The van der Waals surface area contributed by atoms with Crippen molar-refractivity contribution in [1.29, 1.82) is 0 Å². The zero-order valence-electron chi connectivity index (χ0n) is 15.2. The molecular formula is C21H26ClNO3. The number of nitrogens with two attached hydrogens (primary N) is 1. The largest absolute Gasteiger partial charge is 0.466 e. The van der Waals surface area contributed by atoms with Gasteiger partial charge in [0, 0.05) is 11.1 Å². The van der Waals surface area contributed by atoms with Crippen molar-refractivity contribution in [2.24, 2.45) is 11.1 Å². The maximum Gasteiger partial charge on any atom is 0.314 e. The number of esters is 1. The molecule has 0 heterocycles. The first-order valence-electron chi connectivity index (χ1n) is 8.76. The van der Waals surface area contributed by atoms with E-state index in [-0.39, 0.29) is 19.3 Å². The molecule has 0 saturated carbocycles. The first kappa shape index (κ1) is 20.4. The van der Waals surface area contributed by atoms with Crippen molar-refractivity contribution in [1.82, 2.24) is 0 Å². The van der Waals surface area contributed by atoms with Gasteiger partial charge < -0.3 is 15.6 Å². The molecule has 0 saturated heterocycles. The van der Waals surface area contributed by atoms with Crippen LogP contribution in [0, 0.1) is 5.41 Å². The third-order valence-electron chi connectivity index (χ3n) is 4.44. The van der Waals surface area contributed by atoms with Crippen molar-refractivity contribution in [2.45, 2.75) is 32.7 Å². The molecule has 2 aromatic rings. The highest BCUT2D eigenvalue weighted by atomic mass is 35.5. The number of aliphatic hydroxyl groups excluding tert-OH is 1. The van der Waals surface area contributed by atoms with E-state index in [1.807, 2.05) is 48.5 Å². The molecule has 2 aromatic carbocycles. The number of ether oxygens (including phenoxy) is 1. The maximum atomic E-state index is 12.1. The summed E-state index contributed by atoms with van der Waals surface area (Å²) < 4.78 is 5.06. The Balaban J connectivity index is 2.03. The average Bonchev–Trinajstić information content (AvgIpc) is 2.62. The number of rotatable bonds is 8. The third-order valence-corrected chi connectivity index (χ3v) is 4.67. The zero-order valence-corrected chi connectivity index (χ0v) is 16.0. The fraction of sp³-hybridized carbons (Fsp3) is 0.381. The Morgan fingerprint density at radius 1 is 1.23 bits per heavy atom. The number of carbonyl (C=O) groups excluding carboxylic acids is 1. The van der Waals surface area contributed by atoms with Crippen molar-refractivity contribution < 1.29 is 14.6 Å². The third kappa shape index (κ3) is 5.31. The molecule has 2 rings (SSSR count). The van der Waals surface area contributed by atoms with Crippen LogP contribution in [0.3, 0.4) is 0 Å². The maximum absolute atomic E-state index is 12.1. The van der Waals surface area contributed by atoms with E-state index in [1.54, 1.807) is 13.8 Å². The monoisotopic (exact) mass is 375 g/mol. The van der Waals surface area contributed by atoms with E-state index in [4.69, 9.17) is 22.1 Å². The molecule has 3 N–H and O–H groups in total. The highest BCUT2D eigenvalue weighted by Gasteiger charge is 2.35. The molecule has 4 nitrogen and oxygen atoms in total. The second-order valence-electron chi connectivity index (χ2n) is 6.81. The molecule has 2 atom stereocenters. The standard InChI is InChI=1S/C21H26ClNO3/c1-3-26-20(25)21(2,14-24)13-19(23)11-15-7-9-16(10-8-15)17-5-4-6-18(22)12-17/h4-10,12,19,24H,3,11,13-14,23H2,1-2H3/t19-,21?/m1/s1. The second-order valence-corrected chi connectivity index (χ2v) is 7.25. The summed E-state index contributed by atoms with van der Waals surface area (Å²) in [7, 11) is 0. The lowest BCUT2D eigenvalue weighted by molar-refractivity contribution is -0.157. The molecule has 0 aliphatic heterocycles. The first-order chi connectivity index (χ1) is 12.4. The summed E-state index contributed by atoms with van der Waals surface area (Å²) in [6.07, 6.45) is 0.975. The summed E-state index contributed by atoms with van der Waals surface area (Å²) in [5.74, 6) is -0.408. The van der Waals surface area contributed by atoms with Gasteiger partial charge in [-0.2, -0.15) is 0 Å². The minimum atomic E-state index is -0.976. The van der Waals surface area contributed by atoms with Gasteiger partial charge >= 0.3 is 5.97 Å². The summed E-state index contributed by atoms with van der Waals surface area (Å²) in [6.45, 7) is 3.44. The Kier molecular flexibility index (Phi) is 7.21. The Morgan fingerprint density at radius 2 is 1.92 bits per heavy atom. The summed E-state index contributed by atoms with van der Waals surface area (Å²) in [4.78, 5) is 12.1. The van der Waals surface area contributed by atoms with Crippen LogP contribution in [0.1, 0.15) is 25.8 Å². The Hall–Kier alpha value is -1.88. The number of hydrogen-bond acceptors (Lipinski definition) is 4. The predicted molar refractivity (Wildman–Crippen MR) is 105 cm³/mol. The van der Waals surface area contributed by atoms with E-state index < -0.39 is 11.4 Å². The highest BCUT2D eigenvalue weighted by molar-refractivity contribution is 6.30. The van der Waals surface area contributed by atoms with Gasteiger partial charge in [-0.1, -0.05) is 48.0 Å². The van der Waals surface area contributed by atoms with Crippen LogP contribution in [0.5, 0.6) is 0 Å². The van der Waals surface area contributed by atoms with Crippen LogP contribution < -0.4 is 5.73 Å². The van der Waals surface area contributed by atoms with Crippen LogP contribution in [0.15, 0.2) is 48.5 Å². The van der Waals surface area contributed by atoms with Gasteiger partial charge in [-0.3, -0.25) is 4.79 Å². The normalized spacial score (nSPS) is 14.5. The second kappa shape index (κ2) is 9.17. The summed E-state index contributed by atoms with van der Waals surface area (Å²) in [5, 5.41) is 10.3. The molecular weight excluding hydrogens is 350 g/mol. The molecule has 0 radical (unpaired) electrons. The molecule has 140 valence electrons. The molecule has 0 aliphatic rings. The van der Waals surface area contributed by atoms with Gasteiger partial charge in [0.25, 0.3) is 0 Å². The summed E-state index contributed by atoms with van der Waals surface area (Å²) >= 11 is 6.04. The van der Waals surface area contributed by atoms with Gasteiger partial charge in [0.15, 0.2) is 0 Å². The van der Waals surface area contributed by atoms with Crippen molar-refractivity contribution in [3.8, 4) is 11.1 Å². The Labute approximate surface area is 159 Å². The van der Waals surface area contributed by atoms with Crippen LogP contribution in [0.2, 0.25) is 5.02 Å². The Morgan fingerprint density at radius 3 is 2.50 bits per heavy atom. The van der Waals surface area contributed by atoms with E-state index in [1.165, 1.54) is 0 Å². The number of benzene rings is 2. The van der Waals surface area contributed by atoms with Gasteiger partial charge in [0.05, 0.1) is 18.6 Å². The van der Waals surface area contributed by atoms with Crippen molar-refractivity contribution in [3.05, 3.63) is 59.1 Å². The fourth-order valence-electron chi connectivity index (χ4n) is 2.97. The molecule has 0 fully saturated rings. The van der Waals surface area contributed by atoms with Gasteiger partial charge in [-0.25, -0.2) is 0 Å². The van der Waals surface area contributed by atoms with Crippen molar-refractivity contribution >= 4 is 17.6 Å². The molecule has 0 bridgehead atoms. The smallest absolute Gasteiger partial charge is 0.314 e. The summed E-state index contributed by atoms with van der Waals surface area (Å²) in [6, 6.07) is 15.6. The topological polar surface area (TPSA) is 72.5 Å². The molecule has 5 heteroatoms. The predicted octanol–water partition coefficient (Wildman–Crippen LogP) is 3.83. The van der Waals surface area contributed by atoms with E-state index in [9.17, 15) is 9.90 Å². The number of hydrogen-bond donors (Lipinski definition) is 2. The number of carbonyl (C=O) groups is 1. The lowest BCUT2D eigenvalue weighted by atomic mass is 9.83. The van der Waals surface area contributed by atoms with Crippen molar-refractivity contribution in [3.63, 3.8) is 0 Å². The average molecular weight is 376 g/mol. The van der Waals surface area contributed by atoms with Crippen LogP contribution in [0.25, 0.3) is 11.1 Å². The molecule has 1 unspecified atom stereocenters. The van der Waals surface area contributed by atoms with Crippen LogP contribution in [-0.4, -0.2) is 30.3 Å². The van der Waals surface area contributed by atoms with Gasteiger partial charge in [-0.15, -0.1) is 0 Å². The minimum absolute atomic E-state index is 0.256. The van der Waals surface area contributed by atoms with Crippen LogP contribution in [0.4, 0.5) is 0 Å². The van der Waals surface area contributed by atoms with E-state index in [2.05, 4.69) is 0 Å². The number of aliphatic hydroxyl groups is 1. The lowest BCUT2D eigenvalue weighted by Crippen LogP contribution is -2.40. The lowest BCUT2D eigenvalue weighted by Gasteiger charge is -2.27. The molecule has 0 spiro atoms. The number of halogens is 1. The molecule has 0 amide bonds. The molecule has 0 aliphatic carbocycles. The minimum Gasteiger partial charge on any atom is -0.466 e. The summed E-state index contributed by atoms with van der Waals surface area (Å²) in [5.41, 5.74) is 8.47. The highest BCUT2D eigenvalue weighted by Crippen LogP contribution is 2.26. The van der Waals surface area contributed by atoms with E-state index in [0.29, 0.717) is 17.9 Å². The quantitative estimate of drug-likeness (QED) is 0.688. The van der Waals surface area contributed by atoms with Gasteiger partial charge in [0.1, 0.15) is 0 Å². The van der Waals surface area contributed by atoms with E-state index >= 15 is 0 Å². The van der Waals surface area contributed by atoms with Gasteiger partial charge in [0.2, 0.25) is 0 Å². The van der Waals surface area contributed by atoms with Crippen LogP contribution >= 0.6 is 11.6 Å². The fourth-order valence-corrected chi connectivity index (χ4v) is 3.16. The zero-order chi connectivity index (χ0) is 19.2. The SMILES string of the molecule is CCOC(=O)C(C)(CO)C[C@H](N)Cc1ccc(-c2cccc(Cl)c2)cc1. The molecule has 0 aromatic heterocycles. The van der Waals surface area contributed by atoms with Crippen molar-refractivity contribution in [2.75, 3.05) is 13.2 Å². The van der Waals surface area contributed by atoms with Crippen LogP contribution in [-0.2, 0) is 16.0 Å².